The molecule has 4 nitrogen and oxygen atoms in total. The van der Waals surface area contributed by atoms with Gasteiger partial charge in [0.1, 0.15) is 0 Å². The van der Waals surface area contributed by atoms with Crippen LogP contribution < -0.4 is 0 Å². The number of hydrogen-bond donors (Lipinski definition) is 0. The molecule has 114 valence electrons. The van der Waals surface area contributed by atoms with Crippen molar-refractivity contribution in [2.24, 2.45) is 0 Å². The Morgan fingerprint density at radius 2 is 1.86 bits per heavy atom. The molecule has 0 saturated heterocycles. The third-order valence-electron chi connectivity index (χ3n) is 2.92. The normalized spacial score (nSPS) is 11.2. The van der Waals surface area contributed by atoms with Crippen LogP contribution in [0.2, 0.25) is 0 Å². The average molecular weight is 323 g/mol. The van der Waals surface area contributed by atoms with Gasteiger partial charge in [-0.1, -0.05) is 57.1 Å². The molecule has 0 fully saturated rings. The van der Waals surface area contributed by atoms with Gasteiger partial charge in [0.15, 0.2) is 0 Å². The van der Waals surface area contributed by atoms with Crippen LogP contribution >= 0.6 is 21.6 Å². The number of rotatable bonds is 9. The second-order valence-electron chi connectivity index (χ2n) is 5.08. The van der Waals surface area contributed by atoms with Gasteiger partial charge in [-0.15, -0.1) is 5.10 Å². The molecule has 0 spiro atoms. The molecule has 21 heavy (non-hydrogen) atoms. The highest BCUT2D eigenvalue weighted by Crippen LogP contribution is 2.20. The highest BCUT2D eigenvalue weighted by Gasteiger charge is 2.02. The molecule has 0 atom stereocenters. The Morgan fingerprint density at radius 3 is 2.62 bits per heavy atom. The van der Waals surface area contributed by atoms with E-state index in [2.05, 4.69) is 59.8 Å². The fourth-order valence-electron chi connectivity index (χ4n) is 1.80. The summed E-state index contributed by atoms with van der Waals surface area (Å²) in [5.41, 5.74) is 2.31. The van der Waals surface area contributed by atoms with Gasteiger partial charge in [0.05, 0.1) is 12.2 Å². The standard InChI is InChI=1S/C15H22N4S2/c1-18(2)8-10-20-21-11-9-19-13-15(16-17-19)12-14-6-4-3-5-7-14/h3-7,13H,8-12H2,1-2H3. The van der Waals surface area contributed by atoms with Gasteiger partial charge < -0.3 is 4.90 Å². The van der Waals surface area contributed by atoms with Crippen molar-refractivity contribution in [1.29, 1.82) is 0 Å². The SMILES string of the molecule is CN(C)CCSSCCn1cc(Cc2ccccc2)nn1. The third-order valence-corrected chi connectivity index (χ3v) is 5.29. The molecule has 0 bridgehead atoms. The van der Waals surface area contributed by atoms with Gasteiger partial charge in [0.2, 0.25) is 0 Å². The summed E-state index contributed by atoms with van der Waals surface area (Å²) in [4.78, 5) is 2.21. The molecule has 0 aliphatic rings. The Bertz CT molecular complexity index is 513. The number of aryl methyl sites for hydroxylation is 1. The number of nitrogens with zero attached hydrogens (tertiary/aromatic N) is 4. The van der Waals surface area contributed by atoms with E-state index in [1.165, 1.54) is 5.56 Å². The molecule has 0 aliphatic heterocycles. The topological polar surface area (TPSA) is 34.0 Å². The molecule has 1 aromatic carbocycles. The lowest BCUT2D eigenvalue weighted by atomic mass is 10.1. The van der Waals surface area contributed by atoms with Crippen LogP contribution in [-0.4, -0.2) is 52.0 Å². The van der Waals surface area contributed by atoms with Crippen LogP contribution in [0.3, 0.4) is 0 Å². The van der Waals surface area contributed by atoms with Gasteiger partial charge in [0.25, 0.3) is 0 Å². The van der Waals surface area contributed by atoms with E-state index in [1.54, 1.807) is 0 Å². The van der Waals surface area contributed by atoms with Crippen LogP contribution in [0.5, 0.6) is 0 Å². The van der Waals surface area contributed by atoms with E-state index in [0.717, 1.165) is 36.7 Å². The second kappa shape index (κ2) is 9.12. The largest absolute Gasteiger partial charge is 0.309 e. The van der Waals surface area contributed by atoms with Gasteiger partial charge in [0, 0.05) is 30.7 Å². The molecule has 2 rings (SSSR count). The predicted octanol–water partition coefficient (Wildman–Crippen LogP) is 2.81. The zero-order valence-corrected chi connectivity index (χ0v) is 14.2. The zero-order valence-electron chi connectivity index (χ0n) is 12.6. The average Bonchev–Trinajstić information content (AvgIpc) is 2.91. The maximum atomic E-state index is 4.24. The van der Waals surface area contributed by atoms with Crippen molar-refractivity contribution >= 4 is 21.6 Å². The fourth-order valence-corrected chi connectivity index (χ4v) is 3.89. The van der Waals surface area contributed by atoms with Crippen molar-refractivity contribution < 1.29 is 0 Å². The lowest BCUT2D eigenvalue weighted by Crippen LogP contribution is -2.14. The van der Waals surface area contributed by atoms with E-state index in [0.29, 0.717) is 0 Å². The van der Waals surface area contributed by atoms with Crippen LogP contribution in [0.15, 0.2) is 36.5 Å². The van der Waals surface area contributed by atoms with E-state index >= 15 is 0 Å². The molecular formula is C15H22N4S2. The molecule has 0 radical (unpaired) electrons. The van der Waals surface area contributed by atoms with Gasteiger partial charge in [-0.05, 0) is 19.7 Å². The minimum Gasteiger partial charge on any atom is -0.309 e. The Labute approximate surface area is 134 Å². The Hall–Kier alpha value is -0.980. The first-order valence-electron chi connectivity index (χ1n) is 7.06. The van der Waals surface area contributed by atoms with E-state index in [4.69, 9.17) is 0 Å². The zero-order chi connectivity index (χ0) is 14.9. The Morgan fingerprint density at radius 1 is 1.10 bits per heavy atom. The lowest BCUT2D eigenvalue weighted by Gasteiger charge is -2.07. The van der Waals surface area contributed by atoms with Gasteiger partial charge in [-0.2, -0.15) is 0 Å². The van der Waals surface area contributed by atoms with Gasteiger partial charge >= 0.3 is 0 Å². The molecule has 0 saturated carbocycles. The quantitative estimate of drug-likeness (QED) is 0.524. The van der Waals surface area contributed by atoms with Crippen LogP contribution in [-0.2, 0) is 13.0 Å². The Kier molecular flexibility index (Phi) is 7.12. The fraction of sp³-hybridized carbons (Fsp3) is 0.467. The number of aromatic nitrogens is 3. The van der Waals surface area contributed by atoms with Crippen LogP contribution in [0.4, 0.5) is 0 Å². The molecule has 0 amide bonds. The third kappa shape index (κ3) is 6.54. The van der Waals surface area contributed by atoms with Crippen LogP contribution in [0.1, 0.15) is 11.3 Å². The van der Waals surface area contributed by atoms with E-state index in [1.807, 2.05) is 32.3 Å². The smallest absolute Gasteiger partial charge is 0.0870 e. The van der Waals surface area contributed by atoms with Crippen LogP contribution in [0.25, 0.3) is 0 Å². The Balaban J connectivity index is 1.66. The first-order chi connectivity index (χ1) is 10.2. The summed E-state index contributed by atoms with van der Waals surface area (Å²) in [7, 11) is 8.04. The van der Waals surface area contributed by atoms with E-state index in [-0.39, 0.29) is 0 Å². The van der Waals surface area contributed by atoms with E-state index in [9.17, 15) is 0 Å². The first-order valence-corrected chi connectivity index (χ1v) is 9.55. The highest BCUT2D eigenvalue weighted by molar-refractivity contribution is 8.76. The lowest BCUT2D eigenvalue weighted by molar-refractivity contribution is 0.438. The number of benzene rings is 1. The minimum atomic E-state index is 0.853. The molecule has 0 unspecified atom stereocenters. The number of hydrogen-bond acceptors (Lipinski definition) is 5. The van der Waals surface area contributed by atoms with E-state index < -0.39 is 0 Å². The van der Waals surface area contributed by atoms with Crippen molar-refractivity contribution in [1.82, 2.24) is 19.9 Å². The molecule has 0 aliphatic carbocycles. The summed E-state index contributed by atoms with van der Waals surface area (Å²) in [6.07, 6.45) is 2.91. The second-order valence-corrected chi connectivity index (χ2v) is 7.78. The molecule has 1 aromatic heterocycles. The monoisotopic (exact) mass is 322 g/mol. The van der Waals surface area contributed by atoms with Gasteiger partial charge in [-0.3, -0.25) is 4.68 Å². The summed E-state index contributed by atoms with van der Waals surface area (Å²) in [6.45, 7) is 2.05. The van der Waals surface area contributed by atoms with Crippen molar-refractivity contribution in [2.45, 2.75) is 13.0 Å². The highest BCUT2D eigenvalue weighted by atomic mass is 33.1. The first kappa shape index (κ1) is 16.4. The molecular weight excluding hydrogens is 300 g/mol. The molecule has 6 heteroatoms. The summed E-state index contributed by atoms with van der Waals surface area (Å²) >= 11 is 0. The van der Waals surface area contributed by atoms with Crippen molar-refractivity contribution in [3.63, 3.8) is 0 Å². The van der Waals surface area contributed by atoms with Crippen LogP contribution in [0, 0.1) is 0 Å². The summed E-state index contributed by atoms with van der Waals surface area (Å²) in [5.74, 6) is 2.22. The van der Waals surface area contributed by atoms with Gasteiger partial charge in [-0.25, -0.2) is 0 Å². The molecule has 0 N–H and O–H groups in total. The maximum absolute atomic E-state index is 4.24. The predicted molar refractivity (Wildman–Crippen MR) is 92.7 cm³/mol. The maximum Gasteiger partial charge on any atom is 0.0870 e. The summed E-state index contributed by atoms with van der Waals surface area (Å²) in [6, 6.07) is 10.4. The van der Waals surface area contributed by atoms with Crippen molar-refractivity contribution in [2.75, 3.05) is 32.1 Å². The van der Waals surface area contributed by atoms with Crippen molar-refractivity contribution in [3.05, 3.63) is 47.8 Å². The minimum absolute atomic E-state index is 0.853. The van der Waals surface area contributed by atoms with Crippen molar-refractivity contribution in [3.8, 4) is 0 Å². The summed E-state index contributed by atoms with van der Waals surface area (Å²) in [5, 5.41) is 8.43. The molecule has 2 aromatic rings. The summed E-state index contributed by atoms with van der Waals surface area (Å²) < 4.78 is 1.94. The molecule has 1 heterocycles.